The lowest BCUT2D eigenvalue weighted by Crippen LogP contribution is -2.48. The molecule has 2 aliphatic heterocycles. The van der Waals surface area contributed by atoms with Gasteiger partial charge in [-0.1, -0.05) is 36.4 Å². The van der Waals surface area contributed by atoms with Crippen LogP contribution < -0.4 is 4.90 Å². The Labute approximate surface area is 257 Å². The van der Waals surface area contributed by atoms with E-state index in [0.717, 1.165) is 66.0 Å². The van der Waals surface area contributed by atoms with Gasteiger partial charge in [-0.25, -0.2) is 9.97 Å². The number of hydrogen-bond donors (Lipinski definition) is 1. The molecule has 5 heterocycles. The summed E-state index contributed by atoms with van der Waals surface area (Å²) in [4.78, 5) is 41.9. The van der Waals surface area contributed by atoms with E-state index >= 15 is 0 Å². The molecule has 5 aromatic rings. The first kappa shape index (κ1) is 28.1. The van der Waals surface area contributed by atoms with E-state index in [2.05, 4.69) is 67.3 Å². The number of amides is 1. The van der Waals surface area contributed by atoms with Crippen LogP contribution >= 0.6 is 0 Å². The van der Waals surface area contributed by atoms with Crippen LogP contribution in [0.1, 0.15) is 57.6 Å². The number of likely N-dealkylation sites (N-methyl/N-ethyl adjacent to an activating group) is 1. The van der Waals surface area contributed by atoms with Crippen molar-refractivity contribution in [1.82, 2.24) is 29.0 Å². The molecule has 226 valence electrons. The van der Waals surface area contributed by atoms with Gasteiger partial charge in [-0.2, -0.15) is 0 Å². The van der Waals surface area contributed by atoms with Crippen molar-refractivity contribution in [1.29, 1.82) is 0 Å². The first-order valence-corrected chi connectivity index (χ1v) is 15.5. The first-order chi connectivity index (χ1) is 21.3. The van der Waals surface area contributed by atoms with Crippen molar-refractivity contribution >= 4 is 28.3 Å². The van der Waals surface area contributed by atoms with Gasteiger partial charge < -0.3 is 23.9 Å². The van der Waals surface area contributed by atoms with Gasteiger partial charge >= 0.3 is 0 Å². The number of para-hydroxylation sites is 2. The number of anilines is 1. The normalized spacial score (nSPS) is 20.8. The molecule has 9 heteroatoms. The van der Waals surface area contributed by atoms with Crippen LogP contribution in [0, 0.1) is 19.8 Å². The standard InChI is InChI=1S/C18H19N3O.C17H20N4O/c1-12-19-9-10-21(12)11-13-7-8-16-17(18(13)22)14-5-3-4-6-15(14)20(16)2;1-11-13(19-10-18-11)9-21-8-7-15-16(17(21)22)12-5-3-4-6-14(12)20(15)2/h3-6,9-10,13H,7-8,11H2,1-2H3;3-6,10,15-16H,7-9H2,1-2H3,(H,18,19). The number of likely N-dealkylation sites (tertiary alicyclic amines) is 1. The van der Waals surface area contributed by atoms with Gasteiger partial charge in [0, 0.05) is 85.1 Å². The summed E-state index contributed by atoms with van der Waals surface area (Å²) in [6, 6.07) is 16.8. The average Bonchev–Trinajstić information content (AvgIpc) is 3.78. The molecule has 1 aliphatic carbocycles. The van der Waals surface area contributed by atoms with E-state index in [0.29, 0.717) is 12.6 Å². The molecule has 9 nitrogen and oxygen atoms in total. The van der Waals surface area contributed by atoms with Crippen LogP contribution in [0.25, 0.3) is 10.9 Å². The van der Waals surface area contributed by atoms with Crippen LogP contribution in [0.2, 0.25) is 0 Å². The minimum atomic E-state index is -0.0332. The predicted molar refractivity (Wildman–Crippen MR) is 171 cm³/mol. The van der Waals surface area contributed by atoms with Gasteiger partial charge in [0.15, 0.2) is 5.78 Å². The zero-order chi connectivity index (χ0) is 30.5. The number of rotatable bonds is 4. The largest absolute Gasteiger partial charge is 0.370 e. The second-order valence-corrected chi connectivity index (χ2v) is 12.4. The highest BCUT2D eigenvalue weighted by Gasteiger charge is 2.45. The van der Waals surface area contributed by atoms with Crippen LogP contribution in [0.5, 0.6) is 0 Å². The molecule has 8 rings (SSSR count). The number of nitrogens with one attached hydrogen (secondary N) is 1. The third-order valence-electron chi connectivity index (χ3n) is 10.00. The molecule has 3 atom stereocenters. The highest BCUT2D eigenvalue weighted by atomic mass is 16.2. The number of aryl methyl sites for hydroxylation is 3. The number of nitrogens with zero attached hydrogens (tertiary/aromatic N) is 6. The second kappa shape index (κ2) is 11.1. The lowest BCUT2D eigenvalue weighted by molar-refractivity contribution is -0.136. The van der Waals surface area contributed by atoms with E-state index in [1.807, 2.05) is 49.2 Å². The number of carbonyl (C=O) groups is 2. The Bertz CT molecular complexity index is 1860. The van der Waals surface area contributed by atoms with Gasteiger partial charge in [0.1, 0.15) is 5.82 Å². The number of Topliss-reactive ketones (excluding diaryl/α,β-unsaturated/α-hetero) is 1. The monoisotopic (exact) mass is 589 g/mol. The number of benzene rings is 2. The van der Waals surface area contributed by atoms with E-state index < -0.39 is 0 Å². The minimum absolute atomic E-state index is 0.0332. The van der Waals surface area contributed by atoms with Gasteiger partial charge in [0.25, 0.3) is 0 Å². The van der Waals surface area contributed by atoms with Crippen molar-refractivity contribution in [2.45, 2.75) is 58.2 Å². The zero-order valence-corrected chi connectivity index (χ0v) is 25.8. The van der Waals surface area contributed by atoms with Gasteiger partial charge in [-0.05, 0) is 50.8 Å². The van der Waals surface area contributed by atoms with Gasteiger partial charge in [-0.15, -0.1) is 0 Å². The summed E-state index contributed by atoms with van der Waals surface area (Å²) < 4.78 is 4.26. The summed E-state index contributed by atoms with van der Waals surface area (Å²) in [6.45, 7) is 6.11. The van der Waals surface area contributed by atoms with Crippen molar-refractivity contribution in [3.63, 3.8) is 0 Å². The highest BCUT2D eigenvalue weighted by molar-refractivity contribution is 6.11. The maximum Gasteiger partial charge on any atom is 0.232 e. The van der Waals surface area contributed by atoms with E-state index in [1.165, 1.54) is 16.9 Å². The molecule has 44 heavy (non-hydrogen) atoms. The highest BCUT2D eigenvalue weighted by Crippen LogP contribution is 2.44. The summed E-state index contributed by atoms with van der Waals surface area (Å²) in [6.07, 6.45) is 8.33. The summed E-state index contributed by atoms with van der Waals surface area (Å²) in [5.41, 5.74) is 7.65. The molecule has 0 bridgehead atoms. The number of hydrogen-bond acceptors (Lipinski definition) is 5. The Kier molecular flexibility index (Phi) is 7.11. The lowest BCUT2D eigenvalue weighted by atomic mass is 9.85. The third kappa shape index (κ3) is 4.62. The fraction of sp³-hybridized carbons (Fsp3) is 0.371. The number of aromatic amines is 1. The van der Waals surface area contributed by atoms with Crippen LogP contribution in [-0.2, 0) is 31.4 Å². The Hall–Kier alpha value is -4.66. The molecule has 1 fully saturated rings. The summed E-state index contributed by atoms with van der Waals surface area (Å²) in [5.74, 6) is 1.50. The molecular weight excluding hydrogens is 550 g/mol. The van der Waals surface area contributed by atoms with Crippen LogP contribution in [0.4, 0.5) is 5.69 Å². The average molecular weight is 590 g/mol. The number of piperidine rings is 1. The fourth-order valence-electron chi connectivity index (χ4n) is 7.49. The Morgan fingerprint density at radius 3 is 2.55 bits per heavy atom. The van der Waals surface area contributed by atoms with Crippen molar-refractivity contribution in [2.24, 2.45) is 13.0 Å². The molecule has 0 saturated carbocycles. The van der Waals surface area contributed by atoms with Gasteiger partial charge in [-0.3, -0.25) is 9.59 Å². The zero-order valence-electron chi connectivity index (χ0n) is 25.8. The fourth-order valence-corrected chi connectivity index (χ4v) is 7.49. The van der Waals surface area contributed by atoms with Crippen molar-refractivity contribution in [3.05, 3.63) is 101 Å². The van der Waals surface area contributed by atoms with Crippen LogP contribution in [0.15, 0.2) is 67.3 Å². The summed E-state index contributed by atoms with van der Waals surface area (Å²) >= 11 is 0. The van der Waals surface area contributed by atoms with Crippen molar-refractivity contribution < 1.29 is 9.59 Å². The van der Waals surface area contributed by atoms with E-state index in [-0.39, 0.29) is 23.5 Å². The van der Waals surface area contributed by atoms with E-state index in [1.54, 1.807) is 12.5 Å². The molecular formula is C35H39N7O2. The number of imidazole rings is 2. The SMILES string of the molecule is Cc1[nH]cnc1CN1CCC2C(C1=O)c1ccccc1N2C.Cc1nccn1CC1CCc2c(c3ccccc3n2C)C1=O. The molecule has 1 amide bonds. The molecule has 1 saturated heterocycles. The Morgan fingerprint density at radius 1 is 0.977 bits per heavy atom. The summed E-state index contributed by atoms with van der Waals surface area (Å²) in [5, 5.41) is 1.09. The van der Waals surface area contributed by atoms with Gasteiger partial charge in [0.05, 0.1) is 24.5 Å². The van der Waals surface area contributed by atoms with E-state index in [9.17, 15) is 9.59 Å². The molecule has 2 aromatic carbocycles. The quantitative estimate of drug-likeness (QED) is 0.312. The van der Waals surface area contributed by atoms with Crippen LogP contribution in [0.3, 0.4) is 0 Å². The smallest absolute Gasteiger partial charge is 0.232 e. The number of carbonyl (C=O) groups excluding carboxylic acids is 2. The molecule has 0 spiro atoms. The molecule has 3 aromatic heterocycles. The maximum atomic E-state index is 13.0. The van der Waals surface area contributed by atoms with Crippen molar-refractivity contribution in [2.75, 3.05) is 18.5 Å². The van der Waals surface area contributed by atoms with E-state index in [4.69, 9.17) is 0 Å². The Balaban J connectivity index is 0.000000142. The predicted octanol–water partition coefficient (Wildman–Crippen LogP) is 5.18. The lowest BCUT2D eigenvalue weighted by Gasteiger charge is -2.37. The number of H-pyrrole nitrogens is 1. The maximum absolute atomic E-state index is 13.0. The van der Waals surface area contributed by atoms with Crippen molar-refractivity contribution in [3.8, 4) is 0 Å². The first-order valence-electron chi connectivity index (χ1n) is 15.5. The number of ketones is 1. The third-order valence-corrected chi connectivity index (χ3v) is 10.00. The minimum Gasteiger partial charge on any atom is -0.370 e. The van der Waals surface area contributed by atoms with Gasteiger partial charge in [0.2, 0.25) is 5.91 Å². The van der Waals surface area contributed by atoms with Crippen LogP contribution in [-0.4, -0.2) is 60.3 Å². The molecule has 0 radical (unpaired) electrons. The topological polar surface area (TPSA) is 92.1 Å². The molecule has 3 aliphatic rings. The molecule has 3 unspecified atom stereocenters. The molecule has 1 N–H and O–H groups in total. The Morgan fingerprint density at radius 2 is 1.77 bits per heavy atom. The number of fused-ring (bicyclic) bond motifs is 6. The second-order valence-electron chi connectivity index (χ2n) is 12.4. The number of aromatic nitrogens is 5. The summed E-state index contributed by atoms with van der Waals surface area (Å²) in [7, 11) is 4.17.